The lowest BCUT2D eigenvalue weighted by Gasteiger charge is -2.26. The third-order valence-electron chi connectivity index (χ3n) is 5.04. The summed E-state index contributed by atoms with van der Waals surface area (Å²) in [7, 11) is -2.80. The number of methoxy groups -OCH3 is 1. The summed E-state index contributed by atoms with van der Waals surface area (Å²) >= 11 is 11.8. The maximum Gasteiger partial charge on any atom is 0.339 e. The van der Waals surface area contributed by atoms with Crippen molar-refractivity contribution in [2.45, 2.75) is 37.3 Å². The molecular weight excluding hydrogens is 491 g/mol. The van der Waals surface area contributed by atoms with Gasteiger partial charge in [-0.25, -0.2) is 4.79 Å². The van der Waals surface area contributed by atoms with Gasteiger partial charge in [-0.05, 0) is 55.7 Å². The van der Waals surface area contributed by atoms with E-state index in [-0.39, 0.29) is 45.1 Å². The minimum Gasteiger partial charge on any atom is -0.493 e. The van der Waals surface area contributed by atoms with Crippen LogP contribution in [0.1, 0.15) is 25.3 Å². The summed E-state index contributed by atoms with van der Waals surface area (Å²) < 4.78 is 42.0. The lowest BCUT2D eigenvalue weighted by molar-refractivity contribution is 0.0795. The molecule has 1 fully saturated rings. The number of hydrogen-bond acceptors (Lipinski definition) is 6. The Morgan fingerprint density at radius 2 is 1.97 bits per heavy atom. The number of urea groups is 1. The molecule has 0 saturated carbocycles. The van der Waals surface area contributed by atoms with Crippen LogP contribution >= 0.6 is 23.2 Å². The molecule has 3 rings (SSSR count). The van der Waals surface area contributed by atoms with Gasteiger partial charge >= 0.3 is 16.1 Å². The quantitative estimate of drug-likeness (QED) is 0.493. The third kappa shape index (κ3) is 6.66. The van der Waals surface area contributed by atoms with Gasteiger partial charge in [-0.15, -0.1) is 0 Å². The van der Waals surface area contributed by atoms with Crippen molar-refractivity contribution in [1.29, 1.82) is 0 Å². The standard InChI is InChI=1S/C22H26Cl2N2O6S/c1-3-25-22(27)26(14-16-5-4-10-31-16)13-15-6-9-20(30-2)21(11-15)32-33(28,29)17-7-8-18(23)19(24)12-17/h6-9,11-12,16H,3-5,10,13-14H2,1-2H3,(H,25,27). The van der Waals surface area contributed by atoms with Crippen LogP contribution in [0.4, 0.5) is 4.79 Å². The van der Waals surface area contributed by atoms with Gasteiger partial charge in [-0.1, -0.05) is 29.3 Å². The Bertz CT molecular complexity index is 1090. The van der Waals surface area contributed by atoms with E-state index in [2.05, 4.69) is 5.32 Å². The Balaban J connectivity index is 1.85. The first kappa shape index (κ1) is 25.4. The molecule has 1 heterocycles. The van der Waals surface area contributed by atoms with Crippen molar-refractivity contribution < 1.29 is 26.9 Å². The summed E-state index contributed by atoms with van der Waals surface area (Å²) in [6.45, 7) is 3.67. The third-order valence-corrected chi connectivity index (χ3v) is 7.01. The predicted octanol–water partition coefficient (Wildman–Crippen LogP) is 4.48. The largest absolute Gasteiger partial charge is 0.493 e. The molecule has 180 valence electrons. The number of nitrogens with zero attached hydrogens (tertiary/aromatic N) is 1. The van der Waals surface area contributed by atoms with Crippen molar-refractivity contribution in [3.05, 3.63) is 52.0 Å². The van der Waals surface area contributed by atoms with Gasteiger partial charge in [0.25, 0.3) is 0 Å². The van der Waals surface area contributed by atoms with Crippen LogP contribution in [0.15, 0.2) is 41.3 Å². The Kier molecular flexibility index (Phi) is 8.69. The zero-order valence-corrected chi connectivity index (χ0v) is 20.7. The molecule has 1 unspecified atom stereocenters. The molecule has 1 aliphatic heterocycles. The number of benzene rings is 2. The summed E-state index contributed by atoms with van der Waals surface area (Å²) in [4.78, 5) is 14.1. The van der Waals surface area contributed by atoms with Gasteiger partial charge in [0.2, 0.25) is 0 Å². The van der Waals surface area contributed by atoms with Crippen LogP contribution in [-0.2, 0) is 21.4 Å². The highest BCUT2D eigenvalue weighted by Gasteiger charge is 2.24. The summed E-state index contributed by atoms with van der Waals surface area (Å²) in [5, 5.41) is 3.12. The van der Waals surface area contributed by atoms with Gasteiger partial charge in [0, 0.05) is 26.2 Å². The van der Waals surface area contributed by atoms with E-state index < -0.39 is 10.1 Å². The number of nitrogens with one attached hydrogen (secondary N) is 1. The number of carbonyl (C=O) groups is 1. The van der Waals surface area contributed by atoms with E-state index in [0.717, 1.165) is 12.8 Å². The normalized spacial score (nSPS) is 15.8. The van der Waals surface area contributed by atoms with Crippen molar-refractivity contribution in [2.24, 2.45) is 0 Å². The summed E-state index contributed by atoms with van der Waals surface area (Å²) in [6, 6.07) is 8.55. The molecule has 0 radical (unpaired) electrons. The zero-order valence-electron chi connectivity index (χ0n) is 18.3. The minimum absolute atomic E-state index is 0.00552. The molecule has 0 aliphatic carbocycles. The van der Waals surface area contributed by atoms with E-state index >= 15 is 0 Å². The smallest absolute Gasteiger partial charge is 0.339 e. The van der Waals surface area contributed by atoms with Crippen LogP contribution < -0.4 is 14.2 Å². The Labute approximate surface area is 203 Å². The van der Waals surface area contributed by atoms with E-state index in [0.29, 0.717) is 25.3 Å². The molecule has 0 bridgehead atoms. The first-order chi connectivity index (χ1) is 15.7. The van der Waals surface area contributed by atoms with E-state index in [1.165, 1.54) is 31.4 Å². The number of ether oxygens (including phenoxy) is 2. The molecular formula is C22H26Cl2N2O6S. The van der Waals surface area contributed by atoms with Gasteiger partial charge in [-0.3, -0.25) is 0 Å². The topological polar surface area (TPSA) is 94.2 Å². The lowest BCUT2D eigenvalue weighted by atomic mass is 10.1. The number of rotatable bonds is 9. The highest BCUT2D eigenvalue weighted by molar-refractivity contribution is 7.87. The van der Waals surface area contributed by atoms with E-state index in [9.17, 15) is 13.2 Å². The van der Waals surface area contributed by atoms with E-state index in [1.807, 2.05) is 6.92 Å². The summed E-state index contributed by atoms with van der Waals surface area (Å²) in [6.07, 6.45) is 1.81. The molecule has 0 aromatic heterocycles. The molecule has 11 heteroatoms. The van der Waals surface area contributed by atoms with Gasteiger partial charge in [-0.2, -0.15) is 8.42 Å². The van der Waals surface area contributed by atoms with Crippen LogP contribution in [0.5, 0.6) is 11.5 Å². The van der Waals surface area contributed by atoms with Crippen LogP contribution in [-0.4, -0.2) is 52.3 Å². The van der Waals surface area contributed by atoms with Gasteiger partial charge in [0.05, 0.1) is 23.3 Å². The Hall–Kier alpha value is -2.20. The summed E-state index contributed by atoms with van der Waals surface area (Å²) in [5.74, 6) is 0.222. The molecule has 2 aromatic carbocycles. The van der Waals surface area contributed by atoms with Crippen molar-refractivity contribution in [3.8, 4) is 11.5 Å². The van der Waals surface area contributed by atoms with Gasteiger partial charge in [0.1, 0.15) is 4.90 Å². The first-order valence-corrected chi connectivity index (χ1v) is 12.6. The maximum atomic E-state index is 12.8. The van der Waals surface area contributed by atoms with Gasteiger partial charge < -0.3 is 23.9 Å². The Morgan fingerprint density at radius 3 is 2.61 bits per heavy atom. The predicted molar refractivity (Wildman–Crippen MR) is 126 cm³/mol. The summed E-state index contributed by atoms with van der Waals surface area (Å²) in [5.41, 5.74) is 0.666. The fraction of sp³-hybridized carbons (Fsp3) is 0.409. The molecule has 1 saturated heterocycles. The highest BCUT2D eigenvalue weighted by atomic mass is 35.5. The SMILES string of the molecule is CCNC(=O)N(Cc1ccc(OC)c(OS(=O)(=O)c2ccc(Cl)c(Cl)c2)c1)CC1CCCO1. The van der Waals surface area contributed by atoms with Crippen molar-refractivity contribution in [1.82, 2.24) is 10.2 Å². The Morgan fingerprint density at radius 1 is 1.18 bits per heavy atom. The average Bonchev–Trinajstić information content (AvgIpc) is 3.28. The van der Waals surface area contributed by atoms with Crippen LogP contribution in [0, 0.1) is 0 Å². The molecule has 0 spiro atoms. The number of hydrogen-bond donors (Lipinski definition) is 1. The minimum atomic E-state index is -4.21. The van der Waals surface area contributed by atoms with Crippen molar-refractivity contribution >= 4 is 39.4 Å². The molecule has 1 N–H and O–H groups in total. The van der Waals surface area contributed by atoms with Crippen molar-refractivity contribution in [3.63, 3.8) is 0 Å². The molecule has 2 aromatic rings. The number of carbonyl (C=O) groups excluding carboxylic acids is 1. The molecule has 8 nitrogen and oxygen atoms in total. The maximum absolute atomic E-state index is 12.8. The fourth-order valence-electron chi connectivity index (χ4n) is 3.42. The molecule has 1 atom stereocenters. The number of amides is 2. The van der Waals surface area contributed by atoms with E-state index in [1.54, 1.807) is 17.0 Å². The highest BCUT2D eigenvalue weighted by Crippen LogP contribution is 2.33. The van der Waals surface area contributed by atoms with Crippen LogP contribution in [0.2, 0.25) is 10.0 Å². The molecule has 2 amide bonds. The monoisotopic (exact) mass is 516 g/mol. The first-order valence-electron chi connectivity index (χ1n) is 10.4. The second-order valence-electron chi connectivity index (χ2n) is 7.45. The van der Waals surface area contributed by atoms with Crippen LogP contribution in [0.3, 0.4) is 0 Å². The van der Waals surface area contributed by atoms with Crippen molar-refractivity contribution in [2.75, 3.05) is 26.8 Å². The molecule has 33 heavy (non-hydrogen) atoms. The van der Waals surface area contributed by atoms with Gasteiger partial charge in [0.15, 0.2) is 11.5 Å². The second kappa shape index (κ2) is 11.3. The lowest BCUT2D eigenvalue weighted by Crippen LogP contribution is -2.43. The van der Waals surface area contributed by atoms with Crippen LogP contribution in [0.25, 0.3) is 0 Å². The second-order valence-corrected chi connectivity index (χ2v) is 9.81. The average molecular weight is 517 g/mol. The van der Waals surface area contributed by atoms with E-state index in [4.69, 9.17) is 36.9 Å². The fourth-order valence-corrected chi connectivity index (χ4v) is 4.74. The number of halogens is 2. The zero-order chi connectivity index (χ0) is 24.0. The molecule has 1 aliphatic rings.